The summed E-state index contributed by atoms with van der Waals surface area (Å²) in [4.78, 5) is 14.1. The van der Waals surface area contributed by atoms with Gasteiger partial charge >= 0.3 is 5.97 Å². The van der Waals surface area contributed by atoms with Gasteiger partial charge in [-0.3, -0.25) is 4.72 Å². The van der Waals surface area contributed by atoms with Gasteiger partial charge in [0.25, 0.3) is 10.0 Å². The number of rotatable bonds is 4. The molecular formula is C15H11BrN2O4S. The molecule has 3 rings (SSSR count). The molecule has 0 saturated carbocycles. The van der Waals surface area contributed by atoms with Crippen molar-refractivity contribution >= 4 is 48.5 Å². The normalized spacial score (nSPS) is 11.5. The van der Waals surface area contributed by atoms with Gasteiger partial charge in [-0.15, -0.1) is 0 Å². The van der Waals surface area contributed by atoms with E-state index in [9.17, 15) is 18.3 Å². The van der Waals surface area contributed by atoms with Crippen LogP contribution in [0.4, 0.5) is 5.69 Å². The van der Waals surface area contributed by atoms with Gasteiger partial charge in [-0.2, -0.15) is 0 Å². The number of carboxylic acid groups (broad SMARTS) is 1. The van der Waals surface area contributed by atoms with Crippen LogP contribution in [0.5, 0.6) is 0 Å². The zero-order chi connectivity index (χ0) is 16.6. The molecule has 118 valence electrons. The summed E-state index contributed by atoms with van der Waals surface area (Å²) >= 11 is 3.24. The lowest BCUT2D eigenvalue weighted by atomic mass is 10.2. The Hall–Kier alpha value is -2.32. The highest BCUT2D eigenvalue weighted by Crippen LogP contribution is 2.30. The van der Waals surface area contributed by atoms with E-state index in [1.54, 1.807) is 36.4 Å². The number of aromatic nitrogens is 1. The molecule has 3 aromatic rings. The van der Waals surface area contributed by atoms with Crippen molar-refractivity contribution in [2.75, 3.05) is 4.72 Å². The third-order valence-corrected chi connectivity index (χ3v) is 5.17. The van der Waals surface area contributed by atoms with Crippen molar-refractivity contribution in [3.63, 3.8) is 0 Å². The summed E-state index contributed by atoms with van der Waals surface area (Å²) in [6.45, 7) is 0. The van der Waals surface area contributed by atoms with Gasteiger partial charge in [0.15, 0.2) is 0 Å². The first-order valence-electron chi connectivity index (χ1n) is 6.51. The average molecular weight is 395 g/mol. The number of carbonyl (C=O) groups is 1. The van der Waals surface area contributed by atoms with Gasteiger partial charge in [0.1, 0.15) is 5.69 Å². The highest BCUT2D eigenvalue weighted by Gasteiger charge is 2.22. The highest BCUT2D eigenvalue weighted by atomic mass is 79.9. The molecule has 1 heterocycles. The molecule has 0 saturated heterocycles. The molecule has 0 aliphatic heterocycles. The van der Waals surface area contributed by atoms with Gasteiger partial charge in [0.05, 0.1) is 10.6 Å². The van der Waals surface area contributed by atoms with Gasteiger partial charge in [-0.1, -0.05) is 34.1 Å². The maximum absolute atomic E-state index is 12.5. The lowest BCUT2D eigenvalue weighted by Crippen LogP contribution is -2.15. The Bertz CT molecular complexity index is 994. The third-order valence-electron chi connectivity index (χ3n) is 3.28. The number of hydrogen-bond acceptors (Lipinski definition) is 3. The summed E-state index contributed by atoms with van der Waals surface area (Å²) in [5.74, 6) is -1.24. The fourth-order valence-corrected chi connectivity index (χ4v) is 3.57. The summed E-state index contributed by atoms with van der Waals surface area (Å²) in [5, 5.41) is 9.79. The predicted octanol–water partition coefficient (Wildman–Crippen LogP) is 3.43. The molecule has 6 nitrogen and oxygen atoms in total. The molecule has 0 fully saturated rings. The number of carboxylic acids is 1. The lowest BCUT2D eigenvalue weighted by molar-refractivity contribution is 0.0692. The second kappa shape index (κ2) is 5.71. The van der Waals surface area contributed by atoms with E-state index in [1.807, 2.05) is 0 Å². The van der Waals surface area contributed by atoms with E-state index in [4.69, 9.17) is 0 Å². The molecule has 0 amide bonds. The van der Waals surface area contributed by atoms with Crippen molar-refractivity contribution in [1.29, 1.82) is 0 Å². The molecule has 0 spiro atoms. The number of para-hydroxylation sites is 1. The molecule has 0 aliphatic carbocycles. The quantitative estimate of drug-likeness (QED) is 0.630. The molecule has 0 radical (unpaired) electrons. The average Bonchev–Trinajstić information content (AvgIpc) is 2.86. The minimum Gasteiger partial charge on any atom is -0.477 e. The number of fused-ring (bicyclic) bond motifs is 1. The standard InChI is InChI=1S/C15H11BrN2O4S/c16-9-5-7-10(8-6-9)23(21,22)18-13-11-3-1-2-4-12(11)17-14(13)15(19)20/h1-8,17-18H,(H,19,20). The third kappa shape index (κ3) is 2.95. The van der Waals surface area contributed by atoms with E-state index in [0.717, 1.165) is 4.47 Å². The fourth-order valence-electron chi connectivity index (χ4n) is 2.22. The maximum atomic E-state index is 12.5. The van der Waals surface area contributed by atoms with Crippen molar-refractivity contribution in [2.24, 2.45) is 0 Å². The van der Waals surface area contributed by atoms with Crippen molar-refractivity contribution in [2.45, 2.75) is 4.90 Å². The maximum Gasteiger partial charge on any atom is 0.354 e. The number of aromatic carboxylic acids is 1. The molecule has 1 aromatic heterocycles. The van der Waals surface area contributed by atoms with Gasteiger partial charge in [-0.25, -0.2) is 13.2 Å². The highest BCUT2D eigenvalue weighted by molar-refractivity contribution is 9.10. The first-order valence-corrected chi connectivity index (χ1v) is 8.78. The Kier molecular flexibility index (Phi) is 3.87. The van der Waals surface area contributed by atoms with E-state index < -0.39 is 16.0 Å². The van der Waals surface area contributed by atoms with Crippen LogP contribution in [0.15, 0.2) is 57.9 Å². The van der Waals surface area contributed by atoms with Gasteiger partial charge in [0, 0.05) is 15.4 Å². The molecule has 0 unspecified atom stereocenters. The zero-order valence-electron chi connectivity index (χ0n) is 11.6. The van der Waals surface area contributed by atoms with Gasteiger partial charge in [0.2, 0.25) is 0 Å². The summed E-state index contributed by atoms with van der Waals surface area (Å²) in [7, 11) is -3.90. The van der Waals surface area contributed by atoms with E-state index in [0.29, 0.717) is 10.9 Å². The van der Waals surface area contributed by atoms with Crippen LogP contribution in [0, 0.1) is 0 Å². The number of aromatic amines is 1. The Labute approximate surface area is 140 Å². The van der Waals surface area contributed by atoms with Crippen LogP contribution < -0.4 is 4.72 Å². The van der Waals surface area contributed by atoms with Crippen molar-refractivity contribution in [3.8, 4) is 0 Å². The number of anilines is 1. The van der Waals surface area contributed by atoms with E-state index in [2.05, 4.69) is 25.6 Å². The van der Waals surface area contributed by atoms with Crippen LogP contribution in [-0.2, 0) is 10.0 Å². The smallest absolute Gasteiger partial charge is 0.354 e. The number of H-pyrrole nitrogens is 1. The minimum absolute atomic E-state index is 0.0241. The van der Waals surface area contributed by atoms with Crippen molar-refractivity contribution in [3.05, 3.63) is 58.7 Å². The van der Waals surface area contributed by atoms with Gasteiger partial charge < -0.3 is 10.1 Å². The second-order valence-electron chi connectivity index (χ2n) is 4.79. The second-order valence-corrected chi connectivity index (χ2v) is 7.38. The first-order chi connectivity index (χ1) is 10.9. The van der Waals surface area contributed by atoms with Crippen LogP contribution in [0.3, 0.4) is 0 Å². The Balaban J connectivity index is 2.12. The topological polar surface area (TPSA) is 99.3 Å². The lowest BCUT2D eigenvalue weighted by Gasteiger charge is -2.08. The Morgan fingerprint density at radius 3 is 2.39 bits per heavy atom. The largest absolute Gasteiger partial charge is 0.477 e. The van der Waals surface area contributed by atoms with Crippen LogP contribution >= 0.6 is 15.9 Å². The number of halogens is 1. The number of hydrogen-bond donors (Lipinski definition) is 3. The number of sulfonamides is 1. The summed E-state index contributed by atoms with van der Waals surface area (Å²) < 4.78 is 28.1. The predicted molar refractivity (Wildman–Crippen MR) is 90.2 cm³/mol. The van der Waals surface area contributed by atoms with Crippen LogP contribution in [-0.4, -0.2) is 24.5 Å². The molecule has 23 heavy (non-hydrogen) atoms. The van der Waals surface area contributed by atoms with Crippen LogP contribution in [0.1, 0.15) is 10.5 Å². The van der Waals surface area contributed by atoms with Crippen LogP contribution in [0.25, 0.3) is 10.9 Å². The zero-order valence-corrected chi connectivity index (χ0v) is 14.0. The molecule has 0 aliphatic rings. The Morgan fingerprint density at radius 1 is 1.09 bits per heavy atom. The first kappa shape index (κ1) is 15.6. The molecule has 0 atom stereocenters. The molecule has 0 bridgehead atoms. The van der Waals surface area contributed by atoms with Crippen molar-refractivity contribution < 1.29 is 18.3 Å². The summed E-state index contributed by atoms with van der Waals surface area (Å²) in [6.07, 6.45) is 0. The van der Waals surface area contributed by atoms with E-state index in [-0.39, 0.29) is 16.3 Å². The van der Waals surface area contributed by atoms with E-state index >= 15 is 0 Å². The SMILES string of the molecule is O=C(O)c1[nH]c2ccccc2c1NS(=O)(=O)c1ccc(Br)cc1. The summed E-state index contributed by atoms with van der Waals surface area (Å²) in [5.41, 5.74) is 0.362. The van der Waals surface area contributed by atoms with Gasteiger partial charge in [-0.05, 0) is 30.3 Å². The van der Waals surface area contributed by atoms with Crippen LogP contribution in [0.2, 0.25) is 0 Å². The number of nitrogens with one attached hydrogen (secondary N) is 2. The molecular weight excluding hydrogens is 384 g/mol. The molecule has 2 aromatic carbocycles. The Morgan fingerprint density at radius 2 is 1.74 bits per heavy atom. The number of benzene rings is 2. The minimum atomic E-state index is -3.90. The molecule has 3 N–H and O–H groups in total. The van der Waals surface area contributed by atoms with Crippen molar-refractivity contribution in [1.82, 2.24) is 4.98 Å². The molecule has 8 heteroatoms. The van der Waals surface area contributed by atoms with E-state index in [1.165, 1.54) is 12.1 Å². The monoisotopic (exact) mass is 394 g/mol. The summed E-state index contributed by atoms with van der Waals surface area (Å²) in [6, 6.07) is 12.8. The fraction of sp³-hybridized carbons (Fsp3) is 0.